The number of nitrogens with one attached hydrogen (secondary N) is 1. The van der Waals surface area contributed by atoms with Crippen molar-refractivity contribution in [2.45, 2.75) is 84.1 Å². The van der Waals surface area contributed by atoms with E-state index in [-0.39, 0.29) is 11.9 Å². The van der Waals surface area contributed by atoms with Gasteiger partial charge in [0, 0.05) is 12.5 Å². The molecule has 3 heteroatoms. The second-order valence-electron chi connectivity index (χ2n) is 6.86. The topological polar surface area (TPSA) is 55.1 Å². The van der Waals surface area contributed by atoms with Gasteiger partial charge in [-0.05, 0) is 43.4 Å². The largest absolute Gasteiger partial charge is 0.370 e. The van der Waals surface area contributed by atoms with Crippen molar-refractivity contribution in [1.29, 1.82) is 0 Å². The van der Waals surface area contributed by atoms with E-state index < -0.39 is 0 Å². The van der Waals surface area contributed by atoms with E-state index in [1.54, 1.807) is 0 Å². The Morgan fingerprint density at radius 3 is 2.21 bits per heavy atom. The Labute approximate surface area is 148 Å². The number of carbonyl (C=O) groups is 1. The standard InChI is InChI=1S/C21H36N2O/c1-3-5-7-8-9-10-18-11-13-19(14-12-18)16-20(17-21(22)24)23-15-6-4-2/h11-14,20,23H,3-10,15-17H2,1-2H3,(H2,22,24)/t20-/m0/s1. The molecule has 24 heavy (non-hydrogen) atoms. The third-order valence-corrected chi connectivity index (χ3v) is 4.49. The zero-order chi connectivity index (χ0) is 17.6. The fourth-order valence-electron chi connectivity index (χ4n) is 3.00. The maximum Gasteiger partial charge on any atom is 0.218 e. The minimum absolute atomic E-state index is 0.147. The molecule has 0 aliphatic heterocycles. The highest BCUT2D eigenvalue weighted by Crippen LogP contribution is 2.12. The molecule has 1 aromatic carbocycles. The number of aryl methyl sites for hydroxylation is 1. The second-order valence-corrected chi connectivity index (χ2v) is 6.86. The van der Waals surface area contributed by atoms with Crippen LogP contribution in [0.1, 0.15) is 76.3 Å². The van der Waals surface area contributed by atoms with Gasteiger partial charge < -0.3 is 11.1 Å². The molecule has 136 valence electrons. The molecule has 0 aliphatic rings. The van der Waals surface area contributed by atoms with Gasteiger partial charge in [-0.15, -0.1) is 0 Å². The van der Waals surface area contributed by atoms with Gasteiger partial charge in [-0.2, -0.15) is 0 Å². The fourth-order valence-corrected chi connectivity index (χ4v) is 3.00. The number of benzene rings is 1. The van der Waals surface area contributed by atoms with Gasteiger partial charge in [0.2, 0.25) is 5.91 Å². The fraction of sp³-hybridized carbons (Fsp3) is 0.667. The van der Waals surface area contributed by atoms with Gasteiger partial charge in [0.15, 0.2) is 0 Å². The molecule has 0 unspecified atom stereocenters. The number of hydrogen-bond donors (Lipinski definition) is 2. The lowest BCUT2D eigenvalue weighted by Crippen LogP contribution is -2.35. The molecule has 3 N–H and O–H groups in total. The van der Waals surface area contributed by atoms with Gasteiger partial charge in [0.1, 0.15) is 0 Å². The molecule has 0 bridgehead atoms. The summed E-state index contributed by atoms with van der Waals surface area (Å²) in [7, 11) is 0. The lowest BCUT2D eigenvalue weighted by molar-refractivity contribution is -0.118. The molecule has 1 rings (SSSR count). The molecule has 0 aromatic heterocycles. The SMILES string of the molecule is CCCCCCCc1ccc(C[C@@H](CC(N)=O)NCCCC)cc1. The molecule has 1 atom stereocenters. The molecule has 0 aliphatic carbocycles. The number of rotatable bonds is 14. The zero-order valence-corrected chi connectivity index (χ0v) is 15.7. The van der Waals surface area contributed by atoms with Gasteiger partial charge in [-0.3, -0.25) is 4.79 Å². The Balaban J connectivity index is 2.42. The lowest BCUT2D eigenvalue weighted by atomic mass is 9.99. The lowest BCUT2D eigenvalue weighted by Gasteiger charge is -2.17. The number of carbonyl (C=O) groups excluding carboxylic acids is 1. The van der Waals surface area contributed by atoms with Crippen LogP contribution in [0.5, 0.6) is 0 Å². The highest BCUT2D eigenvalue weighted by Gasteiger charge is 2.12. The quantitative estimate of drug-likeness (QED) is 0.497. The van der Waals surface area contributed by atoms with Crippen LogP contribution >= 0.6 is 0 Å². The van der Waals surface area contributed by atoms with Crippen molar-refractivity contribution in [2.24, 2.45) is 5.73 Å². The number of hydrogen-bond acceptors (Lipinski definition) is 2. The average molecular weight is 333 g/mol. The molecule has 0 spiro atoms. The van der Waals surface area contributed by atoms with Crippen LogP contribution in [0.25, 0.3) is 0 Å². The highest BCUT2D eigenvalue weighted by molar-refractivity contribution is 5.74. The van der Waals surface area contributed by atoms with Crippen LogP contribution in [0.15, 0.2) is 24.3 Å². The van der Waals surface area contributed by atoms with Crippen molar-refractivity contribution in [2.75, 3.05) is 6.54 Å². The first-order valence-corrected chi connectivity index (χ1v) is 9.75. The zero-order valence-electron chi connectivity index (χ0n) is 15.7. The van der Waals surface area contributed by atoms with Gasteiger partial charge in [-0.1, -0.05) is 70.2 Å². The summed E-state index contributed by atoms with van der Waals surface area (Å²) in [5, 5.41) is 3.47. The van der Waals surface area contributed by atoms with Crippen molar-refractivity contribution < 1.29 is 4.79 Å². The van der Waals surface area contributed by atoms with Gasteiger partial charge in [0.05, 0.1) is 0 Å². The Bertz CT molecular complexity index is 442. The minimum Gasteiger partial charge on any atom is -0.370 e. The van der Waals surface area contributed by atoms with E-state index in [0.717, 1.165) is 25.8 Å². The minimum atomic E-state index is -0.229. The molecule has 1 amide bonds. The summed E-state index contributed by atoms with van der Waals surface area (Å²) >= 11 is 0. The molecular formula is C21H36N2O. The monoisotopic (exact) mass is 332 g/mol. The maximum absolute atomic E-state index is 11.3. The number of unbranched alkanes of at least 4 members (excludes halogenated alkanes) is 5. The summed E-state index contributed by atoms with van der Waals surface area (Å²) in [6.45, 7) is 5.37. The molecule has 3 nitrogen and oxygen atoms in total. The molecule has 0 fully saturated rings. The van der Waals surface area contributed by atoms with Crippen LogP contribution in [-0.2, 0) is 17.6 Å². The molecule has 0 radical (unpaired) electrons. The first-order valence-electron chi connectivity index (χ1n) is 9.75. The number of amides is 1. The van der Waals surface area contributed by atoms with E-state index in [4.69, 9.17) is 5.73 Å². The van der Waals surface area contributed by atoms with Crippen LogP contribution in [0.2, 0.25) is 0 Å². The Morgan fingerprint density at radius 1 is 0.958 bits per heavy atom. The Hall–Kier alpha value is -1.35. The third kappa shape index (κ3) is 9.71. The Morgan fingerprint density at radius 2 is 1.58 bits per heavy atom. The normalized spacial score (nSPS) is 12.2. The van der Waals surface area contributed by atoms with Crippen molar-refractivity contribution in [3.8, 4) is 0 Å². The van der Waals surface area contributed by atoms with Crippen LogP contribution in [0.3, 0.4) is 0 Å². The van der Waals surface area contributed by atoms with Crippen LogP contribution in [0, 0.1) is 0 Å². The molecule has 1 aromatic rings. The van der Waals surface area contributed by atoms with Crippen LogP contribution in [0.4, 0.5) is 0 Å². The predicted molar refractivity (Wildman–Crippen MR) is 103 cm³/mol. The summed E-state index contributed by atoms with van der Waals surface area (Å²) < 4.78 is 0. The molecule has 0 heterocycles. The van der Waals surface area contributed by atoms with E-state index in [9.17, 15) is 4.79 Å². The van der Waals surface area contributed by atoms with E-state index in [2.05, 4.69) is 43.4 Å². The van der Waals surface area contributed by atoms with Crippen LogP contribution < -0.4 is 11.1 Å². The molecule has 0 saturated heterocycles. The smallest absolute Gasteiger partial charge is 0.218 e. The van der Waals surface area contributed by atoms with E-state index in [1.165, 1.54) is 49.7 Å². The summed E-state index contributed by atoms with van der Waals surface area (Å²) in [6.07, 6.45) is 11.3. The maximum atomic E-state index is 11.3. The first-order chi connectivity index (χ1) is 11.7. The van der Waals surface area contributed by atoms with Crippen molar-refractivity contribution in [3.05, 3.63) is 35.4 Å². The van der Waals surface area contributed by atoms with Gasteiger partial charge >= 0.3 is 0 Å². The number of nitrogens with two attached hydrogens (primary N) is 1. The van der Waals surface area contributed by atoms with E-state index in [0.29, 0.717) is 6.42 Å². The first kappa shape index (κ1) is 20.7. The van der Waals surface area contributed by atoms with Gasteiger partial charge in [-0.25, -0.2) is 0 Å². The summed E-state index contributed by atoms with van der Waals surface area (Å²) in [5.41, 5.74) is 8.08. The summed E-state index contributed by atoms with van der Waals surface area (Å²) in [6, 6.07) is 9.03. The van der Waals surface area contributed by atoms with Crippen molar-refractivity contribution >= 4 is 5.91 Å². The van der Waals surface area contributed by atoms with Gasteiger partial charge in [0.25, 0.3) is 0 Å². The van der Waals surface area contributed by atoms with Crippen molar-refractivity contribution in [3.63, 3.8) is 0 Å². The second kappa shape index (κ2) is 13.0. The van der Waals surface area contributed by atoms with E-state index >= 15 is 0 Å². The molecule has 0 saturated carbocycles. The van der Waals surface area contributed by atoms with E-state index in [1.807, 2.05) is 0 Å². The third-order valence-electron chi connectivity index (χ3n) is 4.49. The highest BCUT2D eigenvalue weighted by atomic mass is 16.1. The average Bonchev–Trinajstić information content (AvgIpc) is 2.56. The summed E-state index contributed by atoms with van der Waals surface area (Å²) in [5.74, 6) is -0.229. The predicted octanol–water partition coefficient (Wildman–Crippen LogP) is 4.38. The molecular weight excluding hydrogens is 296 g/mol. The van der Waals surface area contributed by atoms with Crippen molar-refractivity contribution in [1.82, 2.24) is 5.32 Å². The summed E-state index contributed by atoms with van der Waals surface area (Å²) in [4.78, 5) is 11.3. The van der Waals surface area contributed by atoms with Crippen LogP contribution in [-0.4, -0.2) is 18.5 Å². The number of primary amides is 1. The Kier molecular flexibility index (Phi) is 11.2.